The van der Waals surface area contributed by atoms with Gasteiger partial charge in [-0.1, -0.05) is 0 Å². The number of rotatable bonds is 2. The quantitative estimate of drug-likeness (QED) is 0.572. The number of hydrogen-bond acceptors (Lipinski definition) is 7. The van der Waals surface area contributed by atoms with Crippen LogP contribution in [-0.4, -0.2) is 69.1 Å². The topological polar surface area (TPSA) is 118 Å². The highest BCUT2D eigenvalue weighted by atomic mass is 19.4. The highest BCUT2D eigenvalue weighted by molar-refractivity contribution is 6.02. The Labute approximate surface area is 230 Å². The number of alkyl carbamates (subject to hydrolysis) is 1. The SMILES string of the molecule is CC(C)(C)OC(=O)N[C@@H]1C[C@H]2C(=O)N(C(=O)OC(C)(C)C)C[C@@]2(C(=O)N2CCc3ncc(C(F)(F)F)cc3C2)C1. The number of pyridine rings is 1. The van der Waals surface area contributed by atoms with Gasteiger partial charge >= 0.3 is 18.4 Å². The first-order valence-electron chi connectivity index (χ1n) is 13.2. The van der Waals surface area contributed by atoms with Crippen LogP contribution in [-0.2, 0) is 38.2 Å². The van der Waals surface area contributed by atoms with Gasteiger partial charge in [-0.3, -0.25) is 14.6 Å². The average Bonchev–Trinajstić information content (AvgIpc) is 3.29. The largest absolute Gasteiger partial charge is 0.444 e. The van der Waals surface area contributed by atoms with Crippen LogP contribution in [0.3, 0.4) is 0 Å². The van der Waals surface area contributed by atoms with Crippen LogP contribution in [0.15, 0.2) is 12.3 Å². The summed E-state index contributed by atoms with van der Waals surface area (Å²) in [6, 6.07) is 0.398. The van der Waals surface area contributed by atoms with E-state index in [1.54, 1.807) is 41.5 Å². The number of halogens is 3. The van der Waals surface area contributed by atoms with Crippen LogP contribution < -0.4 is 5.32 Å². The molecule has 13 heteroatoms. The van der Waals surface area contributed by atoms with E-state index in [2.05, 4.69) is 10.3 Å². The van der Waals surface area contributed by atoms with Crippen molar-refractivity contribution in [2.75, 3.05) is 13.1 Å². The lowest BCUT2D eigenvalue weighted by Crippen LogP contribution is -2.50. The number of nitrogens with one attached hydrogen (secondary N) is 1. The van der Waals surface area contributed by atoms with Gasteiger partial charge in [-0.05, 0) is 66.0 Å². The Morgan fingerprint density at radius 3 is 2.33 bits per heavy atom. The summed E-state index contributed by atoms with van der Waals surface area (Å²) in [6.07, 6.45) is -5.01. The van der Waals surface area contributed by atoms with Crippen molar-refractivity contribution < 1.29 is 41.8 Å². The van der Waals surface area contributed by atoms with Crippen molar-refractivity contribution in [3.05, 3.63) is 29.1 Å². The fraction of sp³-hybridized carbons (Fsp3) is 0.667. The average molecular weight is 569 g/mol. The zero-order valence-electron chi connectivity index (χ0n) is 23.5. The zero-order chi connectivity index (χ0) is 29.8. The van der Waals surface area contributed by atoms with Crippen molar-refractivity contribution >= 4 is 24.0 Å². The number of hydrogen-bond donors (Lipinski definition) is 1. The lowest BCUT2D eigenvalue weighted by Gasteiger charge is -2.36. The highest BCUT2D eigenvalue weighted by Gasteiger charge is 2.64. The Balaban J connectivity index is 1.62. The molecular weight excluding hydrogens is 533 g/mol. The molecule has 4 amide bonds. The molecule has 2 fully saturated rings. The van der Waals surface area contributed by atoms with E-state index in [1.807, 2.05) is 0 Å². The van der Waals surface area contributed by atoms with Crippen LogP contribution in [0.4, 0.5) is 22.8 Å². The Bertz CT molecular complexity index is 1220. The van der Waals surface area contributed by atoms with Gasteiger partial charge in [0.15, 0.2) is 0 Å². The fourth-order valence-electron chi connectivity index (χ4n) is 5.66. The van der Waals surface area contributed by atoms with E-state index in [4.69, 9.17) is 9.47 Å². The summed E-state index contributed by atoms with van der Waals surface area (Å²) in [5, 5.41) is 2.74. The van der Waals surface area contributed by atoms with Gasteiger partial charge in [0.1, 0.15) is 11.2 Å². The minimum atomic E-state index is -4.59. The van der Waals surface area contributed by atoms with Gasteiger partial charge in [0.25, 0.3) is 0 Å². The van der Waals surface area contributed by atoms with Crippen LogP contribution in [0.5, 0.6) is 0 Å². The molecule has 3 heterocycles. The van der Waals surface area contributed by atoms with E-state index >= 15 is 0 Å². The van der Waals surface area contributed by atoms with E-state index < -0.39 is 64.3 Å². The third-order valence-electron chi connectivity index (χ3n) is 7.22. The molecule has 0 spiro atoms. The van der Waals surface area contributed by atoms with E-state index in [0.29, 0.717) is 5.69 Å². The molecule has 1 saturated carbocycles. The third kappa shape index (κ3) is 6.02. The molecule has 40 heavy (non-hydrogen) atoms. The van der Waals surface area contributed by atoms with Crippen molar-refractivity contribution in [2.24, 2.45) is 11.3 Å². The number of ether oxygens (including phenoxy) is 2. The minimum Gasteiger partial charge on any atom is -0.444 e. The van der Waals surface area contributed by atoms with Crippen molar-refractivity contribution in [1.82, 2.24) is 20.1 Å². The standard InChI is InChI=1S/C27H35F3N4O6/c1-24(2,3)39-22(37)32-17-10-18-20(35)34(23(38)40-25(4,5)6)14-26(18,11-17)21(36)33-8-7-19-15(13-33)9-16(12-31-19)27(28,29)30/h9,12,17-18H,7-8,10-11,13-14H2,1-6H3,(H,32,37)/t17-,18+,26+/m1/s1. The number of alkyl halides is 3. The number of carbonyl (C=O) groups is 4. The van der Waals surface area contributed by atoms with E-state index in [0.717, 1.165) is 17.2 Å². The smallest absolute Gasteiger partial charge is 0.417 e. The second kappa shape index (κ2) is 9.91. The number of nitrogens with zero attached hydrogens (tertiary/aromatic N) is 3. The molecule has 4 rings (SSSR count). The lowest BCUT2D eigenvalue weighted by atomic mass is 9.78. The number of imide groups is 1. The van der Waals surface area contributed by atoms with Crippen molar-refractivity contribution in [3.63, 3.8) is 0 Å². The first-order valence-corrected chi connectivity index (χ1v) is 13.2. The summed E-state index contributed by atoms with van der Waals surface area (Å²) >= 11 is 0. The van der Waals surface area contributed by atoms with Crippen LogP contribution in [0.25, 0.3) is 0 Å². The minimum absolute atomic E-state index is 0.0466. The second-order valence-electron chi connectivity index (χ2n) is 12.7. The Morgan fingerprint density at radius 1 is 1.07 bits per heavy atom. The monoisotopic (exact) mass is 568 g/mol. The summed E-state index contributed by atoms with van der Waals surface area (Å²) in [6.45, 7) is 9.88. The van der Waals surface area contributed by atoms with E-state index in [9.17, 15) is 32.3 Å². The maximum atomic E-state index is 14.2. The number of fused-ring (bicyclic) bond motifs is 2. The summed E-state index contributed by atoms with van der Waals surface area (Å²) in [5.74, 6) is -1.99. The molecule has 220 valence electrons. The van der Waals surface area contributed by atoms with Gasteiger partial charge < -0.3 is 19.7 Å². The molecule has 1 saturated heterocycles. The molecule has 1 aromatic heterocycles. The van der Waals surface area contributed by atoms with Gasteiger partial charge in [-0.25, -0.2) is 14.5 Å². The summed E-state index contributed by atoms with van der Waals surface area (Å²) < 4.78 is 50.7. The summed E-state index contributed by atoms with van der Waals surface area (Å²) in [4.78, 5) is 59.3. The molecule has 0 aromatic carbocycles. The number of aromatic nitrogens is 1. The van der Waals surface area contributed by atoms with Crippen molar-refractivity contribution in [1.29, 1.82) is 0 Å². The Morgan fingerprint density at radius 2 is 1.73 bits per heavy atom. The predicted molar refractivity (Wildman–Crippen MR) is 135 cm³/mol. The zero-order valence-corrected chi connectivity index (χ0v) is 23.5. The van der Waals surface area contributed by atoms with E-state index in [-0.39, 0.29) is 44.5 Å². The van der Waals surface area contributed by atoms with Crippen LogP contribution >= 0.6 is 0 Å². The Kier molecular flexibility index (Phi) is 7.34. The molecule has 1 aromatic rings. The maximum absolute atomic E-state index is 14.2. The van der Waals surface area contributed by atoms with Crippen LogP contribution in [0, 0.1) is 11.3 Å². The first-order chi connectivity index (χ1) is 18.3. The summed E-state index contributed by atoms with van der Waals surface area (Å²) in [5.41, 5.74) is -3.20. The molecule has 3 aliphatic rings. The third-order valence-corrected chi connectivity index (χ3v) is 7.22. The number of likely N-dealkylation sites (tertiary alicyclic amines) is 1. The number of amides is 4. The summed E-state index contributed by atoms with van der Waals surface area (Å²) in [7, 11) is 0. The highest BCUT2D eigenvalue weighted by Crippen LogP contribution is 2.51. The fourth-order valence-corrected chi connectivity index (χ4v) is 5.66. The molecule has 0 bridgehead atoms. The Hall–Kier alpha value is -3.38. The molecular formula is C27H35F3N4O6. The molecule has 0 radical (unpaired) electrons. The molecule has 0 unspecified atom stereocenters. The van der Waals surface area contributed by atoms with Gasteiger partial charge in [-0.15, -0.1) is 0 Å². The maximum Gasteiger partial charge on any atom is 0.417 e. The van der Waals surface area contributed by atoms with Crippen molar-refractivity contribution in [3.8, 4) is 0 Å². The molecule has 3 atom stereocenters. The van der Waals surface area contributed by atoms with Crippen LogP contribution in [0.1, 0.15) is 71.2 Å². The van der Waals surface area contributed by atoms with Gasteiger partial charge in [0.2, 0.25) is 11.8 Å². The molecule has 1 aliphatic carbocycles. The molecule has 10 nitrogen and oxygen atoms in total. The van der Waals surface area contributed by atoms with Gasteiger partial charge in [0, 0.05) is 44.0 Å². The van der Waals surface area contributed by atoms with Gasteiger partial charge in [-0.2, -0.15) is 13.2 Å². The molecule has 2 aliphatic heterocycles. The van der Waals surface area contributed by atoms with E-state index in [1.165, 1.54) is 4.90 Å². The predicted octanol–water partition coefficient (Wildman–Crippen LogP) is 4.05. The van der Waals surface area contributed by atoms with Gasteiger partial charge in [0.05, 0.1) is 16.9 Å². The van der Waals surface area contributed by atoms with Crippen molar-refractivity contribution in [2.45, 2.75) is 90.8 Å². The molecule has 1 N–H and O–H groups in total. The second-order valence-corrected chi connectivity index (χ2v) is 12.7. The van der Waals surface area contributed by atoms with Crippen LogP contribution in [0.2, 0.25) is 0 Å². The number of carbonyl (C=O) groups excluding carboxylic acids is 4. The normalized spacial score (nSPS) is 24.9. The first kappa shape index (κ1) is 29.6. The lowest BCUT2D eigenvalue weighted by molar-refractivity contribution is -0.145.